The van der Waals surface area contributed by atoms with Gasteiger partial charge in [-0.25, -0.2) is 4.39 Å². The number of piperidine rings is 1. The number of nitrogens with one attached hydrogen (secondary N) is 1. The van der Waals surface area contributed by atoms with E-state index in [0.29, 0.717) is 4.47 Å². The van der Waals surface area contributed by atoms with Gasteiger partial charge in [-0.15, -0.1) is 0 Å². The molecule has 1 aromatic rings. The van der Waals surface area contributed by atoms with E-state index >= 15 is 0 Å². The maximum Gasteiger partial charge on any atom is 0.255 e. The largest absolute Gasteiger partial charge is 0.349 e. The molecule has 1 saturated heterocycles. The van der Waals surface area contributed by atoms with Crippen molar-refractivity contribution in [1.82, 2.24) is 10.2 Å². The number of hydrogen-bond donors (Lipinski definition) is 1. The van der Waals surface area contributed by atoms with Crippen molar-refractivity contribution in [1.29, 1.82) is 0 Å². The van der Waals surface area contributed by atoms with Gasteiger partial charge in [0.1, 0.15) is 5.82 Å². The third-order valence-electron chi connectivity index (χ3n) is 3.57. The van der Waals surface area contributed by atoms with Gasteiger partial charge in [0.15, 0.2) is 0 Å². The number of carbonyl (C=O) groups excluding carboxylic acids is 1. The summed E-state index contributed by atoms with van der Waals surface area (Å²) in [4.78, 5) is 14.4. The van der Waals surface area contributed by atoms with Gasteiger partial charge in [-0.1, -0.05) is 6.07 Å². The molecule has 0 unspecified atom stereocenters. The Bertz CT molecular complexity index is 485. The van der Waals surface area contributed by atoms with Crippen molar-refractivity contribution >= 4 is 21.8 Å². The third-order valence-corrected chi connectivity index (χ3v) is 4.59. The second kappa shape index (κ2) is 6.01. The summed E-state index contributed by atoms with van der Waals surface area (Å²) >= 11 is 3.30. The maximum atomic E-state index is 13.8. The Labute approximate surface area is 121 Å². The Morgan fingerprint density at radius 1 is 1.42 bits per heavy atom. The molecule has 0 radical (unpaired) electrons. The predicted octanol–water partition coefficient (Wildman–Crippen LogP) is 2.72. The highest BCUT2D eigenvalue weighted by Crippen LogP contribution is 2.24. The lowest BCUT2D eigenvalue weighted by Gasteiger charge is -2.29. The Balaban J connectivity index is 2.10. The maximum absolute atomic E-state index is 13.8. The number of likely N-dealkylation sites (tertiary alicyclic amines) is 1. The molecule has 1 amide bonds. The Morgan fingerprint density at radius 2 is 2.05 bits per heavy atom. The summed E-state index contributed by atoms with van der Waals surface area (Å²) in [5.41, 5.74) is 0.967. The Hall–Kier alpha value is -0.940. The molecule has 0 atom stereocenters. The van der Waals surface area contributed by atoms with Crippen molar-refractivity contribution in [3.63, 3.8) is 0 Å². The van der Waals surface area contributed by atoms with Crippen molar-refractivity contribution in [3.8, 4) is 0 Å². The van der Waals surface area contributed by atoms with E-state index in [0.717, 1.165) is 31.5 Å². The number of carbonyl (C=O) groups is 1. The Morgan fingerprint density at radius 3 is 2.68 bits per heavy atom. The van der Waals surface area contributed by atoms with Crippen LogP contribution in [0.5, 0.6) is 0 Å². The Kier molecular flexibility index (Phi) is 4.58. The molecule has 0 aliphatic carbocycles. The number of hydrogen-bond acceptors (Lipinski definition) is 2. The number of halogens is 2. The van der Waals surface area contributed by atoms with Crippen LogP contribution in [0.4, 0.5) is 4.39 Å². The van der Waals surface area contributed by atoms with Crippen LogP contribution in [-0.4, -0.2) is 37.0 Å². The van der Waals surface area contributed by atoms with E-state index in [-0.39, 0.29) is 17.5 Å². The molecule has 1 N–H and O–H groups in total. The first-order valence-corrected chi connectivity index (χ1v) is 7.22. The zero-order valence-corrected chi connectivity index (χ0v) is 12.8. The van der Waals surface area contributed by atoms with E-state index in [1.807, 2.05) is 6.92 Å². The normalized spacial score (nSPS) is 17.5. The highest BCUT2D eigenvalue weighted by Gasteiger charge is 2.22. The van der Waals surface area contributed by atoms with Crippen LogP contribution in [0.25, 0.3) is 0 Å². The first kappa shape index (κ1) is 14.5. The fraction of sp³-hybridized carbons (Fsp3) is 0.500. The zero-order valence-electron chi connectivity index (χ0n) is 11.2. The molecule has 0 spiro atoms. The lowest BCUT2D eigenvalue weighted by Crippen LogP contribution is -2.43. The summed E-state index contributed by atoms with van der Waals surface area (Å²) in [5.74, 6) is -0.814. The van der Waals surface area contributed by atoms with Crippen molar-refractivity contribution < 1.29 is 9.18 Å². The van der Waals surface area contributed by atoms with Gasteiger partial charge in [0.25, 0.3) is 5.91 Å². The number of amides is 1. The molecule has 0 saturated carbocycles. The van der Waals surface area contributed by atoms with Crippen molar-refractivity contribution in [2.45, 2.75) is 25.8 Å². The number of benzene rings is 1. The second-order valence-electron chi connectivity index (χ2n) is 5.10. The lowest BCUT2D eigenvalue weighted by atomic mass is 10.0. The van der Waals surface area contributed by atoms with E-state index in [9.17, 15) is 9.18 Å². The smallest absolute Gasteiger partial charge is 0.255 e. The van der Waals surface area contributed by atoms with Crippen molar-refractivity contribution in [2.75, 3.05) is 20.1 Å². The van der Waals surface area contributed by atoms with Gasteiger partial charge < -0.3 is 10.2 Å². The molecule has 1 aliphatic heterocycles. The first-order chi connectivity index (χ1) is 8.99. The zero-order chi connectivity index (χ0) is 14.0. The molecule has 104 valence electrons. The molecule has 0 bridgehead atoms. The summed E-state index contributed by atoms with van der Waals surface area (Å²) < 4.78 is 14.3. The minimum atomic E-state index is -0.483. The molecular weight excluding hydrogens is 311 g/mol. The minimum absolute atomic E-state index is 0.110. The number of nitrogens with zero attached hydrogens (tertiary/aromatic N) is 1. The summed E-state index contributed by atoms with van der Waals surface area (Å²) in [7, 11) is 2.06. The van der Waals surface area contributed by atoms with Gasteiger partial charge in [-0.2, -0.15) is 0 Å². The van der Waals surface area contributed by atoms with Crippen LogP contribution < -0.4 is 5.32 Å². The number of rotatable bonds is 2. The first-order valence-electron chi connectivity index (χ1n) is 6.43. The summed E-state index contributed by atoms with van der Waals surface area (Å²) in [6.07, 6.45) is 1.82. The topological polar surface area (TPSA) is 32.3 Å². The van der Waals surface area contributed by atoms with Crippen LogP contribution in [0.15, 0.2) is 16.6 Å². The van der Waals surface area contributed by atoms with E-state index < -0.39 is 5.82 Å². The molecule has 0 aromatic heterocycles. The highest BCUT2D eigenvalue weighted by atomic mass is 79.9. The molecule has 2 rings (SSSR count). The molecule has 1 fully saturated rings. The van der Waals surface area contributed by atoms with Crippen LogP contribution in [0.2, 0.25) is 0 Å². The van der Waals surface area contributed by atoms with Crippen LogP contribution in [0.1, 0.15) is 28.8 Å². The van der Waals surface area contributed by atoms with Gasteiger partial charge in [0, 0.05) is 10.5 Å². The van der Waals surface area contributed by atoms with E-state index in [1.165, 1.54) is 6.07 Å². The fourth-order valence-corrected chi connectivity index (χ4v) is 2.78. The van der Waals surface area contributed by atoms with E-state index in [4.69, 9.17) is 0 Å². The molecule has 1 heterocycles. The monoisotopic (exact) mass is 328 g/mol. The van der Waals surface area contributed by atoms with Gasteiger partial charge in [-0.05, 0) is 67.5 Å². The van der Waals surface area contributed by atoms with Crippen LogP contribution in [0.3, 0.4) is 0 Å². The van der Waals surface area contributed by atoms with E-state index in [1.54, 1.807) is 6.07 Å². The highest BCUT2D eigenvalue weighted by molar-refractivity contribution is 9.10. The second-order valence-corrected chi connectivity index (χ2v) is 5.90. The van der Waals surface area contributed by atoms with Crippen LogP contribution in [0, 0.1) is 12.7 Å². The molecular formula is C14H18BrFN2O. The van der Waals surface area contributed by atoms with Crippen molar-refractivity contribution in [2.24, 2.45) is 0 Å². The quantitative estimate of drug-likeness (QED) is 0.905. The minimum Gasteiger partial charge on any atom is -0.349 e. The van der Waals surface area contributed by atoms with Gasteiger partial charge in [0.05, 0.1) is 5.56 Å². The molecule has 3 nitrogen and oxygen atoms in total. The fourth-order valence-electron chi connectivity index (χ4n) is 2.28. The SMILES string of the molecule is Cc1ccc(F)c(C(=O)NC2CCN(C)CC2)c1Br. The lowest BCUT2D eigenvalue weighted by molar-refractivity contribution is 0.0912. The molecule has 1 aliphatic rings. The summed E-state index contributed by atoms with van der Waals surface area (Å²) in [6.45, 7) is 3.76. The number of aryl methyl sites for hydroxylation is 1. The van der Waals surface area contributed by atoms with E-state index in [2.05, 4.69) is 33.2 Å². The van der Waals surface area contributed by atoms with Gasteiger partial charge in [0.2, 0.25) is 0 Å². The predicted molar refractivity (Wildman–Crippen MR) is 76.8 cm³/mol. The molecule has 5 heteroatoms. The van der Waals surface area contributed by atoms with Crippen molar-refractivity contribution in [3.05, 3.63) is 33.5 Å². The third kappa shape index (κ3) is 3.34. The van der Waals surface area contributed by atoms with Gasteiger partial charge >= 0.3 is 0 Å². The van der Waals surface area contributed by atoms with Gasteiger partial charge in [-0.3, -0.25) is 4.79 Å². The molecule has 1 aromatic carbocycles. The van der Waals surface area contributed by atoms with Crippen LogP contribution in [-0.2, 0) is 0 Å². The van der Waals surface area contributed by atoms with Crippen LogP contribution >= 0.6 is 15.9 Å². The average molecular weight is 329 g/mol. The average Bonchev–Trinajstić information content (AvgIpc) is 2.37. The summed E-state index contributed by atoms with van der Waals surface area (Å²) in [6, 6.07) is 3.13. The standard InChI is InChI=1S/C14H18BrFN2O/c1-9-3-4-11(16)12(13(9)15)14(19)17-10-5-7-18(2)8-6-10/h3-4,10H,5-8H2,1-2H3,(H,17,19). The molecule has 19 heavy (non-hydrogen) atoms. The summed E-state index contributed by atoms with van der Waals surface area (Å²) in [5, 5.41) is 2.93.